The number of carbonyl (C=O) groups excluding carboxylic acids is 2. The zero-order chi connectivity index (χ0) is 18.4. The van der Waals surface area contributed by atoms with Crippen LogP contribution in [0.1, 0.15) is 32.3 Å². The Kier molecular flexibility index (Phi) is 6.17. The van der Waals surface area contributed by atoms with E-state index in [9.17, 15) is 9.59 Å². The molecule has 0 atom stereocenters. The van der Waals surface area contributed by atoms with Crippen molar-refractivity contribution in [3.63, 3.8) is 0 Å². The fourth-order valence-electron chi connectivity index (χ4n) is 2.44. The quantitative estimate of drug-likeness (QED) is 0.870. The van der Waals surface area contributed by atoms with E-state index in [1.807, 2.05) is 24.3 Å². The molecule has 0 radical (unpaired) electrons. The summed E-state index contributed by atoms with van der Waals surface area (Å²) in [6.07, 6.45) is 0. The molecule has 0 aliphatic heterocycles. The van der Waals surface area contributed by atoms with E-state index in [0.29, 0.717) is 23.0 Å². The topological polar surface area (TPSA) is 58.6 Å². The van der Waals surface area contributed by atoms with Gasteiger partial charge in [0, 0.05) is 18.3 Å². The van der Waals surface area contributed by atoms with Gasteiger partial charge in [0.15, 0.2) is 0 Å². The standard InChI is InChI=1S/C20H24N2O3/c1-14(2)16-5-9-18(10-6-16)22(15(3)23)13-20(24)21-17-7-11-19(25-4)12-8-17/h5-12,14H,13H2,1-4H3,(H,21,24). The molecule has 25 heavy (non-hydrogen) atoms. The average molecular weight is 340 g/mol. The second-order valence-electron chi connectivity index (χ2n) is 6.13. The first-order valence-corrected chi connectivity index (χ1v) is 8.22. The van der Waals surface area contributed by atoms with E-state index in [2.05, 4.69) is 19.2 Å². The molecule has 2 aromatic carbocycles. The van der Waals surface area contributed by atoms with Crippen molar-refractivity contribution in [3.05, 3.63) is 54.1 Å². The lowest BCUT2D eigenvalue weighted by atomic mass is 10.0. The van der Waals surface area contributed by atoms with Gasteiger partial charge < -0.3 is 15.0 Å². The highest BCUT2D eigenvalue weighted by atomic mass is 16.5. The predicted octanol–water partition coefficient (Wildman–Crippen LogP) is 3.81. The van der Waals surface area contributed by atoms with Crippen molar-refractivity contribution in [2.45, 2.75) is 26.7 Å². The number of rotatable bonds is 6. The molecule has 5 heteroatoms. The number of nitrogens with zero attached hydrogens (tertiary/aromatic N) is 1. The molecule has 2 aromatic rings. The van der Waals surface area contributed by atoms with Gasteiger partial charge in [-0.1, -0.05) is 26.0 Å². The Labute approximate surface area is 148 Å². The minimum atomic E-state index is -0.256. The monoisotopic (exact) mass is 340 g/mol. The van der Waals surface area contributed by atoms with Crippen LogP contribution in [-0.2, 0) is 9.59 Å². The van der Waals surface area contributed by atoms with E-state index in [1.54, 1.807) is 31.4 Å². The van der Waals surface area contributed by atoms with Crippen LogP contribution in [0.15, 0.2) is 48.5 Å². The Morgan fingerprint density at radius 2 is 1.64 bits per heavy atom. The van der Waals surface area contributed by atoms with Gasteiger partial charge in [-0.05, 0) is 47.9 Å². The van der Waals surface area contributed by atoms with Crippen molar-refractivity contribution in [2.75, 3.05) is 23.9 Å². The van der Waals surface area contributed by atoms with Crippen LogP contribution in [0.4, 0.5) is 11.4 Å². The second kappa shape index (κ2) is 8.33. The molecule has 2 rings (SSSR count). The fourth-order valence-corrected chi connectivity index (χ4v) is 2.44. The summed E-state index contributed by atoms with van der Waals surface area (Å²) in [5.74, 6) is 0.697. The molecule has 0 aliphatic rings. The SMILES string of the molecule is COc1ccc(NC(=O)CN(C(C)=O)c2ccc(C(C)C)cc2)cc1. The summed E-state index contributed by atoms with van der Waals surface area (Å²) in [6, 6.07) is 14.8. The average Bonchev–Trinajstić information content (AvgIpc) is 2.60. The normalized spacial score (nSPS) is 10.4. The van der Waals surface area contributed by atoms with E-state index >= 15 is 0 Å². The van der Waals surface area contributed by atoms with Gasteiger partial charge in [0.2, 0.25) is 11.8 Å². The summed E-state index contributed by atoms with van der Waals surface area (Å²) >= 11 is 0. The van der Waals surface area contributed by atoms with Crippen LogP contribution in [0.5, 0.6) is 5.75 Å². The molecule has 0 aliphatic carbocycles. The molecule has 0 aromatic heterocycles. The Morgan fingerprint density at radius 3 is 2.12 bits per heavy atom. The van der Waals surface area contributed by atoms with Gasteiger partial charge >= 0.3 is 0 Å². The largest absolute Gasteiger partial charge is 0.497 e. The molecule has 0 unspecified atom stereocenters. The number of amides is 2. The molecule has 0 heterocycles. The Bertz CT molecular complexity index is 722. The lowest BCUT2D eigenvalue weighted by molar-refractivity contribution is -0.120. The third kappa shape index (κ3) is 5.08. The summed E-state index contributed by atoms with van der Waals surface area (Å²) in [7, 11) is 1.59. The Balaban J connectivity index is 2.07. The van der Waals surface area contributed by atoms with Crippen molar-refractivity contribution >= 4 is 23.2 Å². The molecule has 1 N–H and O–H groups in total. The maximum Gasteiger partial charge on any atom is 0.244 e. The van der Waals surface area contributed by atoms with Gasteiger partial charge in [-0.2, -0.15) is 0 Å². The molecule has 5 nitrogen and oxygen atoms in total. The Hall–Kier alpha value is -2.82. The van der Waals surface area contributed by atoms with Crippen LogP contribution >= 0.6 is 0 Å². The highest BCUT2D eigenvalue weighted by Gasteiger charge is 2.16. The van der Waals surface area contributed by atoms with E-state index in [4.69, 9.17) is 4.74 Å². The number of nitrogens with one attached hydrogen (secondary N) is 1. The highest BCUT2D eigenvalue weighted by Crippen LogP contribution is 2.21. The van der Waals surface area contributed by atoms with Gasteiger partial charge in [-0.25, -0.2) is 0 Å². The van der Waals surface area contributed by atoms with E-state index < -0.39 is 0 Å². The number of anilines is 2. The minimum absolute atomic E-state index is 0.0393. The molecular formula is C20H24N2O3. The number of hydrogen-bond donors (Lipinski definition) is 1. The van der Waals surface area contributed by atoms with Gasteiger partial charge in [0.1, 0.15) is 12.3 Å². The number of ether oxygens (including phenoxy) is 1. The van der Waals surface area contributed by atoms with Gasteiger partial charge in [-0.15, -0.1) is 0 Å². The summed E-state index contributed by atoms with van der Waals surface area (Å²) in [5.41, 5.74) is 2.56. The second-order valence-corrected chi connectivity index (χ2v) is 6.13. The van der Waals surface area contributed by atoms with Crippen molar-refractivity contribution < 1.29 is 14.3 Å². The van der Waals surface area contributed by atoms with Crippen molar-refractivity contribution in [1.29, 1.82) is 0 Å². The number of carbonyl (C=O) groups is 2. The van der Waals surface area contributed by atoms with Gasteiger partial charge in [0.25, 0.3) is 0 Å². The number of benzene rings is 2. The molecule has 132 valence electrons. The summed E-state index contributed by atoms with van der Waals surface area (Å²) < 4.78 is 5.09. The molecule has 0 bridgehead atoms. The minimum Gasteiger partial charge on any atom is -0.497 e. The number of hydrogen-bond acceptors (Lipinski definition) is 3. The first-order valence-electron chi connectivity index (χ1n) is 8.22. The van der Waals surface area contributed by atoms with Crippen LogP contribution in [-0.4, -0.2) is 25.5 Å². The summed E-state index contributed by atoms with van der Waals surface area (Å²) in [5, 5.41) is 2.79. The van der Waals surface area contributed by atoms with Crippen molar-refractivity contribution in [3.8, 4) is 5.75 Å². The maximum atomic E-state index is 12.3. The molecule has 0 spiro atoms. The fraction of sp³-hybridized carbons (Fsp3) is 0.300. The first kappa shape index (κ1) is 18.5. The molecular weight excluding hydrogens is 316 g/mol. The van der Waals surface area contributed by atoms with Crippen molar-refractivity contribution in [2.24, 2.45) is 0 Å². The van der Waals surface area contributed by atoms with Crippen LogP contribution in [0.3, 0.4) is 0 Å². The third-order valence-corrected chi connectivity index (χ3v) is 3.93. The predicted molar refractivity (Wildman–Crippen MR) is 100 cm³/mol. The van der Waals surface area contributed by atoms with Crippen LogP contribution in [0.2, 0.25) is 0 Å². The highest BCUT2D eigenvalue weighted by molar-refractivity contribution is 6.01. The van der Waals surface area contributed by atoms with E-state index in [0.717, 1.165) is 0 Å². The maximum absolute atomic E-state index is 12.3. The molecule has 0 saturated carbocycles. The first-order chi connectivity index (χ1) is 11.9. The van der Waals surface area contributed by atoms with Crippen LogP contribution in [0, 0.1) is 0 Å². The van der Waals surface area contributed by atoms with Crippen molar-refractivity contribution in [1.82, 2.24) is 0 Å². The third-order valence-electron chi connectivity index (χ3n) is 3.93. The van der Waals surface area contributed by atoms with Gasteiger partial charge in [-0.3, -0.25) is 9.59 Å². The summed E-state index contributed by atoms with van der Waals surface area (Å²) in [6.45, 7) is 5.64. The molecule has 0 fully saturated rings. The molecule has 0 saturated heterocycles. The summed E-state index contributed by atoms with van der Waals surface area (Å²) in [4.78, 5) is 25.7. The Morgan fingerprint density at radius 1 is 1.04 bits per heavy atom. The lowest BCUT2D eigenvalue weighted by Crippen LogP contribution is -2.36. The lowest BCUT2D eigenvalue weighted by Gasteiger charge is -2.21. The van der Waals surface area contributed by atoms with E-state index in [1.165, 1.54) is 17.4 Å². The zero-order valence-electron chi connectivity index (χ0n) is 15.1. The number of methoxy groups -OCH3 is 1. The van der Waals surface area contributed by atoms with Gasteiger partial charge in [0.05, 0.1) is 7.11 Å². The smallest absolute Gasteiger partial charge is 0.244 e. The van der Waals surface area contributed by atoms with Crippen LogP contribution in [0.25, 0.3) is 0 Å². The van der Waals surface area contributed by atoms with E-state index in [-0.39, 0.29) is 18.4 Å². The van der Waals surface area contributed by atoms with Crippen LogP contribution < -0.4 is 15.0 Å². The molecule has 2 amide bonds. The zero-order valence-corrected chi connectivity index (χ0v) is 15.1.